The van der Waals surface area contributed by atoms with Gasteiger partial charge in [-0.25, -0.2) is 9.78 Å². The summed E-state index contributed by atoms with van der Waals surface area (Å²) >= 11 is 1.54. The van der Waals surface area contributed by atoms with E-state index in [9.17, 15) is 4.79 Å². The largest absolute Gasteiger partial charge is 0.497 e. The average molecular weight is 474 g/mol. The number of ether oxygens (including phenoxy) is 3. The van der Waals surface area contributed by atoms with Crippen molar-refractivity contribution in [2.24, 2.45) is 5.10 Å². The van der Waals surface area contributed by atoms with Gasteiger partial charge in [-0.2, -0.15) is 5.10 Å². The van der Waals surface area contributed by atoms with E-state index in [-0.39, 0.29) is 0 Å². The van der Waals surface area contributed by atoms with Crippen LogP contribution < -0.4 is 19.6 Å². The molecule has 0 amide bonds. The Bertz CT molecular complexity index is 1300. The van der Waals surface area contributed by atoms with E-state index >= 15 is 0 Å². The highest BCUT2D eigenvalue weighted by molar-refractivity contribution is 7.16. The SMILES string of the molecule is COc1ccc(C(=O)Oc2ccc(/C=N\Nc3nc(-c4ccccc4)c(C)s3)cc2OC)cc1. The molecule has 0 aliphatic carbocycles. The third kappa shape index (κ3) is 5.41. The van der Waals surface area contributed by atoms with Crippen molar-refractivity contribution in [3.8, 4) is 28.5 Å². The van der Waals surface area contributed by atoms with E-state index < -0.39 is 5.97 Å². The minimum absolute atomic E-state index is 0.316. The van der Waals surface area contributed by atoms with Crippen molar-refractivity contribution < 1.29 is 19.0 Å². The fourth-order valence-electron chi connectivity index (χ4n) is 3.20. The first-order chi connectivity index (χ1) is 16.6. The first-order valence-electron chi connectivity index (χ1n) is 10.4. The standard InChI is InChI=1S/C26H23N3O4S/c1-17-24(19-7-5-4-6-8-19)28-26(34-17)29-27-16-18-9-14-22(23(15-18)32-3)33-25(30)20-10-12-21(31-2)13-11-20/h4-16H,1-3H3,(H,28,29)/b27-16-. The van der Waals surface area contributed by atoms with E-state index in [1.54, 1.807) is 55.8 Å². The molecule has 0 aliphatic rings. The van der Waals surface area contributed by atoms with Gasteiger partial charge in [0.1, 0.15) is 5.75 Å². The van der Waals surface area contributed by atoms with Crippen molar-refractivity contribution in [2.75, 3.05) is 19.6 Å². The zero-order chi connectivity index (χ0) is 23.9. The Morgan fingerprint density at radius 3 is 2.44 bits per heavy atom. The molecule has 4 aromatic rings. The Morgan fingerprint density at radius 2 is 1.74 bits per heavy atom. The van der Waals surface area contributed by atoms with Crippen LogP contribution in [0.1, 0.15) is 20.8 Å². The second-order valence-electron chi connectivity index (χ2n) is 7.19. The van der Waals surface area contributed by atoms with Crippen LogP contribution in [0.4, 0.5) is 5.13 Å². The Kier molecular flexibility index (Phi) is 7.19. The molecule has 1 N–H and O–H groups in total. The second kappa shape index (κ2) is 10.6. The molecule has 172 valence electrons. The van der Waals surface area contributed by atoms with Crippen LogP contribution in [0, 0.1) is 6.92 Å². The summed E-state index contributed by atoms with van der Waals surface area (Å²) in [7, 11) is 3.08. The quantitative estimate of drug-likeness (QED) is 0.151. The van der Waals surface area contributed by atoms with Crippen LogP contribution in [0.2, 0.25) is 0 Å². The van der Waals surface area contributed by atoms with Gasteiger partial charge in [-0.1, -0.05) is 30.3 Å². The van der Waals surface area contributed by atoms with Crippen molar-refractivity contribution in [1.82, 2.24) is 4.98 Å². The Labute approximate surface area is 201 Å². The van der Waals surface area contributed by atoms with Gasteiger partial charge in [-0.05, 0) is 55.0 Å². The van der Waals surface area contributed by atoms with E-state index in [4.69, 9.17) is 14.2 Å². The summed E-state index contributed by atoms with van der Waals surface area (Å²) in [5, 5.41) is 4.99. The van der Waals surface area contributed by atoms with E-state index in [0.29, 0.717) is 27.9 Å². The fourth-order valence-corrected chi connectivity index (χ4v) is 3.99. The molecule has 0 saturated heterocycles. The first-order valence-corrected chi connectivity index (χ1v) is 11.2. The third-order valence-corrected chi connectivity index (χ3v) is 5.81. The summed E-state index contributed by atoms with van der Waals surface area (Å²) in [6.45, 7) is 2.03. The molecule has 0 bridgehead atoms. The number of anilines is 1. The van der Waals surface area contributed by atoms with Crippen LogP contribution in [-0.4, -0.2) is 31.4 Å². The Hall–Kier alpha value is -4.17. The number of methoxy groups -OCH3 is 2. The monoisotopic (exact) mass is 473 g/mol. The van der Waals surface area contributed by atoms with Crippen LogP contribution in [0.3, 0.4) is 0 Å². The number of carbonyl (C=O) groups is 1. The molecule has 0 atom stereocenters. The first kappa shape index (κ1) is 23.0. The molecule has 0 unspecified atom stereocenters. The molecule has 0 saturated carbocycles. The predicted molar refractivity (Wildman–Crippen MR) is 134 cm³/mol. The molecule has 0 spiro atoms. The molecule has 7 nitrogen and oxygen atoms in total. The molecule has 3 aromatic carbocycles. The Morgan fingerprint density at radius 1 is 0.971 bits per heavy atom. The summed E-state index contributed by atoms with van der Waals surface area (Å²) in [6.07, 6.45) is 1.65. The number of thiazole rings is 1. The van der Waals surface area contributed by atoms with Gasteiger partial charge in [0.05, 0.1) is 31.7 Å². The maximum Gasteiger partial charge on any atom is 0.343 e. The van der Waals surface area contributed by atoms with Gasteiger partial charge in [0, 0.05) is 10.4 Å². The van der Waals surface area contributed by atoms with Crippen LogP contribution in [0.15, 0.2) is 77.9 Å². The normalized spacial score (nSPS) is 10.8. The van der Waals surface area contributed by atoms with E-state index in [0.717, 1.165) is 21.7 Å². The molecule has 1 aromatic heterocycles. The van der Waals surface area contributed by atoms with Crippen molar-refractivity contribution in [2.45, 2.75) is 6.92 Å². The number of nitrogens with zero attached hydrogens (tertiary/aromatic N) is 2. The van der Waals surface area contributed by atoms with Crippen molar-refractivity contribution in [1.29, 1.82) is 0 Å². The molecule has 0 radical (unpaired) electrons. The number of carbonyl (C=O) groups excluding carboxylic acids is 1. The number of rotatable bonds is 8. The van der Waals surface area contributed by atoms with Crippen molar-refractivity contribution >= 4 is 28.7 Å². The summed E-state index contributed by atoms with van der Waals surface area (Å²) in [4.78, 5) is 18.2. The van der Waals surface area contributed by atoms with E-state index in [1.165, 1.54) is 18.4 Å². The maximum atomic E-state index is 12.5. The third-order valence-electron chi connectivity index (χ3n) is 4.93. The number of benzene rings is 3. The zero-order valence-electron chi connectivity index (χ0n) is 18.9. The summed E-state index contributed by atoms with van der Waals surface area (Å²) in [6, 6.07) is 21.9. The summed E-state index contributed by atoms with van der Waals surface area (Å²) in [5.74, 6) is 0.909. The highest BCUT2D eigenvalue weighted by Gasteiger charge is 2.13. The molecule has 0 fully saturated rings. The number of nitrogens with one attached hydrogen (secondary N) is 1. The number of hydrogen-bond acceptors (Lipinski definition) is 8. The van der Waals surface area contributed by atoms with Gasteiger partial charge < -0.3 is 14.2 Å². The zero-order valence-corrected chi connectivity index (χ0v) is 19.8. The number of hydrogen-bond donors (Lipinski definition) is 1. The molecule has 0 aliphatic heterocycles. The van der Waals surface area contributed by atoms with Crippen LogP contribution in [0.25, 0.3) is 11.3 Å². The van der Waals surface area contributed by atoms with Crippen LogP contribution in [-0.2, 0) is 0 Å². The number of aromatic nitrogens is 1. The number of aryl methyl sites for hydroxylation is 1. The highest BCUT2D eigenvalue weighted by atomic mass is 32.1. The van der Waals surface area contributed by atoms with Gasteiger partial charge >= 0.3 is 5.97 Å². The number of esters is 1. The van der Waals surface area contributed by atoms with Crippen LogP contribution in [0.5, 0.6) is 17.2 Å². The second-order valence-corrected chi connectivity index (χ2v) is 8.39. The Balaban J connectivity index is 1.43. The lowest BCUT2D eigenvalue weighted by Crippen LogP contribution is -2.09. The summed E-state index contributed by atoms with van der Waals surface area (Å²) in [5.41, 5.74) is 6.16. The molecule has 8 heteroatoms. The van der Waals surface area contributed by atoms with Crippen molar-refractivity contribution in [3.63, 3.8) is 0 Å². The minimum Gasteiger partial charge on any atom is -0.497 e. The molecule has 34 heavy (non-hydrogen) atoms. The highest BCUT2D eigenvalue weighted by Crippen LogP contribution is 2.31. The van der Waals surface area contributed by atoms with Crippen LogP contribution >= 0.6 is 11.3 Å². The number of hydrazone groups is 1. The minimum atomic E-state index is -0.489. The van der Waals surface area contributed by atoms with E-state index in [2.05, 4.69) is 15.5 Å². The molecular formula is C26H23N3O4S. The van der Waals surface area contributed by atoms with Gasteiger partial charge in [0.2, 0.25) is 5.13 Å². The maximum absolute atomic E-state index is 12.5. The van der Waals surface area contributed by atoms with Crippen molar-refractivity contribution in [3.05, 3.63) is 88.8 Å². The topological polar surface area (TPSA) is 82.0 Å². The van der Waals surface area contributed by atoms with Gasteiger partial charge in [-0.3, -0.25) is 5.43 Å². The lowest BCUT2D eigenvalue weighted by Gasteiger charge is -2.10. The van der Waals surface area contributed by atoms with Gasteiger partial charge in [-0.15, -0.1) is 11.3 Å². The average Bonchev–Trinajstić information content (AvgIpc) is 3.25. The lowest BCUT2D eigenvalue weighted by molar-refractivity contribution is 0.0729. The summed E-state index contributed by atoms with van der Waals surface area (Å²) < 4.78 is 16.0. The predicted octanol–water partition coefficient (Wildman–Crippen LogP) is 5.80. The van der Waals surface area contributed by atoms with Gasteiger partial charge in [0.15, 0.2) is 11.5 Å². The lowest BCUT2D eigenvalue weighted by atomic mass is 10.1. The van der Waals surface area contributed by atoms with Gasteiger partial charge in [0.25, 0.3) is 0 Å². The smallest absolute Gasteiger partial charge is 0.343 e. The molecule has 4 rings (SSSR count). The molecular weight excluding hydrogens is 450 g/mol. The van der Waals surface area contributed by atoms with E-state index in [1.807, 2.05) is 37.3 Å². The molecule has 1 heterocycles. The fraction of sp³-hybridized carbons (Fsp3) is 0.115.